The van der Waals surface area contributed by atoms with Gasteiger partial charge in [-0.3, -0.25) is 0 Å². The Hall–Kier alpha value is -0.540. The molecule has 64 valence electrons. The molecule has 1 atom stereocenters. The maximum atomic E-state index is 5.43. The lowest BCUT2D eigenvalue weighted by molar-refractivity contribution is -0.891. The van der Waals surface area contributed by atoms with Crippen LogP contribution in [0.1, 0.15) is 6.42 Å². The van der Waals surface area contributed by atoms with E-state index >= 15 is 0 Å². The molecule has 0 aromatic heterocycles. The van der Waals surface area contributed by atoms with Gasteiger partial charge in [0.1, 0.15) is 0 Å². The van der Waals surface area contributed by atoms with E-state index in [-0.39, 0.29) is 0 Å². The monoisotopic (exact) mass is 156 g/mol. The lowest BCUT2D eigenvalue weighted by atomic mass is 10.4. The molecule has 1 heterocycles. The second-order valence-corrected chi connectivity index (χ2v) is 3.05. The smallest absolute Gasteiger partial charge is 0.152 e. The topological polar surface area (TPSA) is 33.7 Å². The molecule has 1 rings (SSSR count). The van der Waals surface area contributed by atoms with Crippen molar-refractivity contribution in [2.45, 2.75) is 6.42 Å². The summed E-state index contributed by atoms with van der Waals surface area (Å²) < 4.78 is 0. The molecule has 0 spiro atoms. The fourth-order valence-corrected chi connectivity index (χ4v) is 1.46. The Morgan fingerprint density at radius 1 is 1.64 bits per heavy atom. The summed E-state index contributed by atoms with van der Waals surface area (Å²) in [5.41, 5.74) is 5.43. The summed E-state index contributed by atoms with van der Waals surface area (Å²) in [4.78, 5) is 3.89. The molecule has 1 aliphatic rings. The van der Waals surface area contributed by atoms with Crippen molar-refractivity contribution in [3.05, 3.63) is 12.8 Å². The Morgan fingerprint density at radius 2 is 2.45 bits per heavy atom. The lowest BCUT2D eigenvalue weighted by Gasteiger charge is -2.12. The first-order valence-electron chi connectivity index (χ1n) is 4.27. The summed E-state index contributed by atoms with van der Waals surface area (Å²) in [5.74, 6) is 0. The summed E-state index contributed by atoms with van der Waals surface area (Å²) in [6.45, 7) is 9.28. The zero-order valence-electron chi connectivity index (χ0n) is 7.05. The molecule has 3 N–H and O–H groups in total. The Bertz CT molecular complexity index is 125. The zero-order chi connectivity index (χ0) is 8.10. The number of nitrogens with zero attached hydrogens (tertiary/aromatic N) is 1. The van der Waals surface area contributed by atoms with E-state index in [9.17, 15) is 0 Å². The van der Waals surface area contributed by atoms with Gasteiger partial charge in [0.25, 0.3) is 0 Å². The summed E-state index contributed by atoms with van der Waals surface area (Å²) in [6.07, 6.45) is 3.07. The first kappa shape index (κ1) is 8.56. The van der Waals surface area contributed by atoms with Gasteiger partial charge in [0.2, 0.25) is 0 Å². The van der Waals surface area contributed by atoms with Crippen LogP contribution in [0.15, 0.2) is 12.8 Å². The van der Waals surface area contributed by atoms with Gasteiger partial charge in [0.05, 0.1) is 19.6 Å². The molecule has 3 nitrogen and oxygen atoms in total. The molecule has 0 bridgehead atoms. The van der Waals surface area contributed by atoms with E-state index in [2.05, 4.69) is 11.5 Å². The Kier molecular flexibility index (Phi) is 3.39. The molecule has 0 aromatic carbocycles. The second kappa shape index (κ2) is 4.36. The fourth-order valence-electron chi connectivity index (χ4n) is 1.46. The van der Waals surface area contributed by atoms with E-state index in [1.807, 2.05) is 6.20 Å². The van der Waals surface area contributed by atoms with Gasteiger partial charge in [-0.2, -0.15) is 0 Å². The molecule has 11 heavy (non-hydrogen) atoms. The Morgan fingerprint density at radius 3 is 3.00 bits per heavy atom. The highest BCUT2D eigenvalue weighted by atomic mass is 15.4. The average Bonchev–Trinajstić information content (AvgIpc) is 2.48. The molecular weight excluding hydrogens is 138 g/mol. The predicted molar refractivity (Wildman–Crippen MR) is 46.1 cm³/mol. The van der Waals surface area contributed by atoms with Gasteiger partial charge in [-0.15, -0.1) is 0 Å². The van der Waals surface area contributed by atoms with Crippen LogP contribution >= 0.6 is 0 Å². The van der Waals surface area contributed by atoms with Gasteiger partial charge < -0.3 is 15.5 Å². The maximum Gasteiger partial charge on any atom is 0.152 e. The molecule has 1 fully saturated rings. The van der Waals surface area contributed by atoms with Crippen molar-refractivity contribution in [3.8, 4) is 0 Å². The Labute approximate surface area is 68.5 Å². The summed E-state index contributed by atoms with van der Waals surface area (Å²) >= 11 is 0. The number of hydrogen-bond donors (Lipinski definition) is 2. The molecule has 1 aliphatic heterocycles. The molecular formula is C8H18N3+. The van der Waals surface area contributed by atoms with Gasteiger partial charge in [-0.25, -0.2) is 0 Å². The lowest BCUT2D eigenvalue weighted by Crippen LogP contribution is -3.10. The number of quaternary nitrogens is 1. The SMILES string of the molecule is C=CN1CC[NH+](CCCN)C1. The van der Waals surface area contributed by atoms with Crippen molar-refractivity contribution in [1.29, 1.82) is 0 Å². The van der Waals surface area contributed by atoms with Crippen molar-refractivity contribution in [2.24, 2.45) is 5.73 Å². The van der Waals surface area contributed by atoms with Crippen LogP contribution in [0.4, 0.5) is 0 Å². The minimum atomic E-state index is 0.817. The van der Waals surface area contributed by atoms with Gasteiger partial charge in [0, 0.05) is 6.42 Å². The minimum Gasteiger partial charge on any atom is -0.330 e. The first-order chi connectivity index (χ1) is 5.36. The van der Waals surface area contributed by atoms with Crippen LogP contribution < -0.4 is 10.6 Å². The van der Waals surface area contributed by atoms with E-state index in [1.54, 1.807) is 4.90 Å². The highest BCUT2D eigenvalue weighted by Crippen LogP contribution is 1.86. The zero-order valence-corrected chi connectivity index (χ0v) is 7.05. The van der Waals surface area contributed by atoms with Crippen molar-refractivity contribution in [1.82, 2.24) is 4.90 Å². The first-order valence-corrected chi connectivity index (χ1v) is 4.27. The molecule has 0 amide bonds. The van der Waals surface area contributed by atoms with Crippen molar-refractivity contribution in [2.75, 3.05) is 32.8 Å². The van der Waals surface area contributed by atoms with Gasteiger partial charge in [-0.05, 0) is 12.7 Å². The third kappa shape index (κ3) is 2.52. The van der Waals surface area contributed by atoms with E-state index in [0.717, 1.165) is 26.2 Å². The van der Waals surface area contributed by atoms with Gasteiger partial charge in [-0.1, -0.05) is 6.58 Å². The third-order valence-electron chi connectivity index (χ3n) is 2.17. The standard InChI is InChI=1S/C8H17N3/c1-2-10-6-7-11(8-10)5-3-4-9/h2H,1,3-9H2/p+1. The maximum absolute atomic E-state index is 5.43. The number of nitrogens with one attached hydrogen (secondary N) is 1. The summed E-state index contributed by atoms with van der Waals surface area (Å²) in [7, 11) is 0. The third-order valence-corrected chi connectivity index (χ3v) is 2.17. The molecule has 0 saturated carbocycles. The van der Waals surface area contributed by atoms with Crippen LogP contribution in [0, 0.1) is 0 Å². The quantitative estimate of drug-likeness (QED) is 0.527. The van der Waals surface area contributed by atoms with Crippen LogP contribution in [0.2, 0.25) is 0 Å². The van der Waals surface area contributed by atoms with Crippen LogP contribution in [0.25, 0.3) is 0 Å². The van der Waals surface area contributed by atoms with Crippen molar-refractivity contribution in [3.63, 3.8) is 0 Å². The van der Waals surface area contributed by atoms with E-state index in [4.69, 9.17) is 5.73 Å². The van der Waals surface area contributed by atoms with Gasteiger partial charge in [0.15, 0.2) is 6.67 Å². The minimum absolute atomic E-state index is 0.817. The number of hydrogen-bond acceptors (Lipinski definition) is 2. The van der Waals surface area contributed by atoms with Gasteiger partial charge >= 0.3 is 0 Å². The van der Waals surface area contributed by atoms with E-state index in [0.29, 0.717) is 0 Å². The number of nitrogens with two attached hydrogens (primary N) is 1. The van der Waals surface area contributed by atoms with Crippen LogP contribution in [-0.4, -0.2) is 37.7 Å². The highest BCUT2D eigenvalue weighted by molar-refractivity contribution is 4.69. The molecule has 3 heteroatoms. The van der Waals surface area contributed by atoms with Crippen LogP contribution in [-0.2, 0) is 0 Å². The predicted octanol–water partition coefficient (Wildman–Crippen LogP) is -1.36. The summed E-state index contributed by atoms with van der Waals surface area (Å²) in [6, 6.07) is 0. The normalized spacial score (nSPS) is 24.1. The average molecular weight is 156 g/mol. The largest absolute Gasteiger partial charge is 0.330 e. The fraction of sp³-hybridized carbons (Fsp3) is 0.750. The molecule has 1 saturated heterocycles. The second-order valence-electron chi connectivity index (χ2n) is 3.05. The van der Waals surface area contributed by atoms with Crippen molar-refractivity contribution >= 4 is 0 Å². The van der Waals surface area contributed by atoms with Crippen LogP contribution in [0.5, 0.6) is 0 Å². The number of rotatable bonds is 4. The van der Waals surface area contributed by atoms with E-state index < -0.39 is 0 Å². The van der Waals surface area contributed by atoms with Crippen LogP contribution in [0.3, 0.4) is 0 Å². The Balaban J connectivity index is 2.14. The molecule has 0 aromatic rings. The molecule has 1 unspecified atom stereocenters. The molecule has 0 aliphatic carbocycles. The molecule has 0 radical (unpaired) electrons. The van der Waals surface area contributed by atoms with E-state index in [1.165, 1.54) is 13.1 Å². The highest BCUT2D eigenvalue weighted by Gasteiger charge is 2.18. The van der Waals surface area contributed by atoms with Crippen molar-refractivity contribution < 1.29 is 4.90 Å². The summed E-state index contributed by atoms with van der Waals surface area (Å²) in [5, 5.41) is 0.